The molecule has 0 bridgehead atoms. The van der Waals surface area contributed by atoms with E-state index in [4.69, 9.17) is 4.74 Å². The second-order valence-corrected chi connectivity index (χ2v) is 5.69. The summed E-state index contributed by atoms with van der Waals surface area (Å²) in [6.45, 7) is 7.43. The van der Waals surface area contributed by atoms with E-state index in [1.807, 2.05) is 19.1 Å². The molecule has 2 aromatic rings. The zero-order valence-electron chi connectivity index (χ0n) is 14.1. The standard InChI is InChI=1S/C17H22N4O2.2BrH/c1-13-11-16(14-3-2-4-15(22)12-14)19-20-17(13)18-5-6-21-7-9-23-10-8-21;;/h2-4,11-12,22H,5-10H2,1H3,(H,18,20);2*1H. The van der Waals surface area contributed by atoms with Crippen LogP contribution in [-0.2, 0) is 4.74 Å². The van der Waals surface area contributed by atoms with Crippen LogP contribution in [0.5, 0.6) is 5.75 Å². The van der Waals surface area contributed by atoms with Crippen LogP contribution >= 0.6 is 34.0 Å². The minimum atomic E-state index is 0. The number of hydrogen-bond donors (Lipinski definition) is 2. The van der Waals surface area contributed by atoms with Crippen molar-refractivity contribution in [1.29, 1.82) is 0 Å². The lowest BCUT2D eigenvalue weighted by Crippen LogP contribution is -2.39. The fourth-order valence-corrected chi connectivity index (χ4v) is 2.62. The van der Waals surface area contributed by atoms with Gasteiger partial charge in [0.05, 0.1) is 18.9 Å². The van der Waals surface area contributed by atoms with Crippen LogP contribution in [-0.4, -0.2) is 59.6 Å². The molecule has 3 rings (SSSR count). The molecule has 1 aliphatic heterocycles. The highest BCUT2D eigenvalue weighted by Crippen LogP contribution is 2.23. The number of benzene rings is 1. The van der Waals surface area contributed by atoms with Crippen LogP contribution < -0.4 is 5.32 Å². The predicted molar refractivity (Wildman–Crippen MR) is 110 cm³/mol. The average molecular weight is 476 g/mol. The number of anilines is 1. The number of hydrogen-bond acceptors (Lipinski definition) is 6. The van der Waals surface area contributed by atoms with Gasteiger partial charge in [-0.2, -0.15) is 0 Å². The first-order chi connectivity index (χ1) is 11.2. The summed E-state index contributed by atoms with van der Waals surface area (Å²) < 4.78 is 5.34. The highest BCUT2D eigenvalue weighted by Gasteiger charge is 2.10. The van der Waals surface area contributed by atoms with Gasteiger partial charge < -0.3 is 15.2 Å². The molecule has 2 N–H and O–H groups in total. The molecule has 0 amide bonds. The monoisotopic (exact) mass is 474 g/mol. The second kappa shape index (κ2) is 10.7. The maximum atomic E-state index is 9.56. The first-order valence-corrected chi connectivity index (χ1v) is 7.90. The molecule has 0 radical (unpaired) electrons. The molecule has 138 valence electrons. The van der Waals surface area contributed by atoms with Gasteiger partial charge in [0.1, 0.15) is 5.75 Å². The van der Waals surface area contributed by atoms with Gasteiger partial charge in [-0.15, -0.1) is 44.2 Å². The van der Waals surface area contributed by atoms with E-state index in [-0.39, 0.29) is 39.7 Å². The Bertz CT molecular complexity index is 667. The maximum Gasteiger partial charge on any atom is 0.151 e. The number of phenols is 1. The van der Waals surface area contributed by atoms with Crippen LogP contribution in [0.2, 0.25) is 0 Å². The summed E-state index contributed by atoms with van der Waals surface area (Å²) in [6.07, 6.45) is 0. The van der Waals surface area contributed by atoms with Crippen molar-refractivity contribution < 1.29 is 9.84 Å². The lowest BCUT2D eigenvalue weighted by atomic mass is 10.1. The Morgan fingerprint density at radius 3 is 2.60 bits per heavy atom. The largest absolute Gasteiger partial charge is 0.508 e. The van der Waals surface area contributed by atoms with Crippen molar-refractivity contribution >= 4 is 39.8 Å². The van der Waals surface area contributed by atoms with Crippen molar-refractivity contribution in [2.45, 2.75) is 6.92 Å². The number of phenolic OH excluding ortho intramolecular Hbond substituents is 1. The number of halogens is 2. The summed E-state index contributed by atoms with van der Waals surface area (Å²) in [5.74, 6) is 1.04. The van der Waals surface area contributed by atoms with E-state index in [1.165, 1.54) is 0 Å². The lowest BCUT2D eigenvalue weighted by Gasteiger charge is -2.26. The highest BCUT2D eigenvalue weighted by atomic mass is 79.9. The Morgan fingerprint density at radius 2 is 1.92 bits per heavy atom. The fourth-order valence-electron chi connectivity index (χ4n) is 2.62. The number of aryl methyl sites for hydroxylation is 1. The number of rotatable bonds is 5. The van der Waals surface area contributed by atoms with Gasteiger partial charge in [0, 0.05) is 31.7 Å². The summed E-state index contributed by atoms with van der Waals surface area (Å²) in [7, 11) is 0. The van der Waals surface area contributed by atoms with Crippen molar-refractivity contribution in [1.82, 2.24) is 15.1 Å². The molecule has 0 saturated carbocycles. The van der Waals surface area contributed by atoms with E-state index in [9.17, 15) is 5.11 Å². The third-order valence-electron chi connectivity index (χ3n) is 3.95. The Balaban J connectivity index is 0.00000156. The number of aromatic nitrogens is 2. The molecule has 8 heteroatoms. The number of aromatic hydroxyl groups is 1. The molecular weight excluding hydrogens is 452 g/mol. The lowest BCUT2D eigenvalue weighted by molar-refractivity contribution is 0.0398. The van der Waals surface area contributed by atoms with Crippen LogP contribution in [0.4, 0.5) is 5.82 Å². The van der Waals surface area contributed by atoms with Crippen molar-refractivity contribution in [2.75, 3.05) is 44.7 Å². The predicted octanol–water partition coefficient (Wildman–Crippen LogP) is 3.06. The summed E-state index contributed by atoms with van der Waals surface area (Å²) in [6, 6.07) is 9.03. The third kappa shape index (κ3) is 6.22. The molecule has 0 spiro atoms. The van der Waals surface area contributed by atoms with Gasteiger partial charge in [-0.3, -0.25) is 4.90 Å². The third-order valence-corrected chi connectivity index (χ3v) is 3.95. The molecule has 6 nitrogen and oxygen atoms in total. The van der Waals surface area contributed by atoms with E-state index in [0.717, 1.165) is 62.0 Å². The molecule has 0 aliphatic carbocycles. The van der Waals surface area contributed by atoms with Crippen molar-refractivity contribution in [3.05, 3.63) is 35.9 Å². The molecule has 2 heterocycles. The van der Waals surface area contributed by atoms with Crippen molar-refractivity contribution in [3.63, 3.8) is 0 Å². The number of nitrogens with one attached hydrogen (secondary N) is 1. The molecule has 0 atom stereocenters. The Hall–Kier alpha value is -1.22. The zero-order valence-corrected chi connectivity index (χ0v) is 17.6. The summed E-state index contributed by atoms with van der Waals surface area (Å²) in [5.41, 5.74) is 2.66. The van der Waals surface area contributed by atoms with Crippen LogP contribution in [0.15, 0.2) is 30.3 Å². The normalized spacial score (nSPS) is 14.3. The number of nitrogens with zero attached hydrogens (tertiary/aromatic N) is 3. The summed E-state index contributed by atoms with van der Waals surface area (Å²) >= 11 is 0. The van der Waals surface area contributed by atoms with Crippen LogP contribution in [0.25, 0.3) is 11.3 Å². The van der Waals surface area contributed by atoms with E-state index < -0.39 is 0 Å². The quantitative estimate of drug-likeness (QED) is 0.692. The second-order valence-electron chi connectivity index (χ2n) is 5.69. The van der Waals surface area contributed by atoms with Gasteiger partial charge in [0.15, 0.2) is 5.82 Å². The Morgan fingerprint density at radius 1 is 1.16 bits per heavy atom. The molecule has 1 aliphatic rings. The fraction of sp³-hybridized carbons (Fsp3) is 0.412. The molecule has 1 aromatic heterocycles. The minimum absolute atomic E-state index is 0. The van der Waals surface area contributed by atoms with E-state index in [1.54, 1.807) is 18.2 Å². The minimum Gasteiger partial charge on any atom is -0.508 e. The van der Waals surface area contributed by atoms with Crippen LogP contribution in [0.1, 0.15) is 5.56 Å². The van der Waals surface area contributed by atoms with E-state index in [2.05, 4.69) is 20.4 Å². The average Bonchev–Trinajstić information content (AvgIpc) is 2.57. The summed E-state index contributed by atoms with van der Waals surface area (Å²) in [5, 5.41) is 21.4. The van der Waals surface area contributed by atoms with E-state index >= 15 is 0 Å². The molecule has 25 heavy (non-hydrogen) atoms. The van der Waals surface area contributed by atoms with Gasteiger partial charge in [-0.25, -0.2) is 0 Å². The first kappa shape index (κ1) is 21.8. The molecule has 1 aromatic carbocycles. The Kier molecular flexibility index (Phi) is 9.34. The van der Waals surface area contributed by atoms with Crippen molar-refractivity contribution in [3.8, 4) is 17.0 Å². The van der Waals surface area contributed by atoms with Crippen LogP contribution in [0.3, 0.4) is 0 Å². The van der Waals surface area contributed by atoms with Crippen LogP contribution in [0, 0.1) is 6.92 Å². The SMILES string of the molecule is Br.Br.Cc1cc(-c2cccc(O)c2)nnc1NCCN1CCOCC1. The highest BCUT2D eigenvalue weighted by molar-refractivity contribution is 8.93. The van der Waals surface area contributed by atoms with Gasteiger partial charge >= 0.3 is 0 Å². The number of morpholine rings is 1. The van der Waals surface area contributed by atoms with Gasteiger partial charge in [-0.1, -0.05) is 12.1 Å². The van der Waals surface area contributed by atoms with Gasteiger partial charge in [0.2, 0.25) is 0 Å². The molecule has 1 saturated heterocycles. The Labute approximate surface area is 169 Å². The molecule has 1 fully saturated rings. The van der Waals surface area contributed by atoms with Gasteiger partial charge in [-0.05, 0) is 30.7 Å². The maximum absolute atomic E-state index is 9.56. The smallest absolute Gasteiger partial charge is 0.151 e. The molecular formula is C17H24Br2N4O2. The number of ether oxygens (including phenoxy) is 1. The van der Waals surface area contributed by atoms with Gasteiger partial charge in [0.25, 0.3) is 0 Å². The zero-order chi connectivity index (χ0) is 16.1. The molecule has 0 unspecified atom stereocenters. The topological polar surface area (TPSA) is 70.5 Å². The van der Waals surface area contributed by atoms with Crippen molar-refractivity contribution in [2.24, 2.45) is 0 Å². The van der Waals surface area contributed by atoms with E-state index in [0.29, 0.717) is 0 Å². The summed E-state index contributed by atoms with van der Waals surface area (Å²) in [4.78, 5) is 2.38. The first-order valence-electron chi connectivity index (χ1n) is 7.90.